The predicted octanol–water partition coefficient (Wildman–Crippen LogP) is 4.87. The molecule has 0 nitrogen and oxygen atoms in total. The zero-order chi connectivity index (χ0) is 9.94. The summed E-state index contributed by atoms with van der Waals surface area (Å²) in [5.41, 5.74) is 1.38. The highest BCUT2D eigenvalue weighted by atomic mass is 13.9. The summed E-state index contributed by atoms with van der Waals surface area (Å²) >= 11 is 0. The standard InChI is InChI=1S/C13H24/c1-4-5-6-7-8-9-10-11-12-13(2)3/h10-12H,4-9H2,1-3H3. The van der Waals surface area contributed by atoms with Crippen LogP contribution in [0.4, 0.5) is 0 Å². The highest BCUT2D eigenvalue weighted by Crippen LogP contribution is 2.05. The summed E-state index contributed by atoms with van der Waals surface area (Å²) in [7, 11) is 0. The van der Waals surface area contributed by atoms with Crippen LogP contribution in [0.5, 0.6) is 0 Å². The lowest BCUT2D eigenvalue weighted by Crippen LogP contribution is -1.75. The topological polar surface area (TPSA) is 0 Å². The lowest BCUT2D eigenvalue weighted by molar-refractivity contribution is 0.637. The van der Waals surface area contributed by atoms with Crippen LogP contribution >= 0.6 is 0 Å². The molecule has 0 aliphatic rings. The second-order valence-electron chi connectivity index (χ2n) is 3.88. The minimum absolute atomic E-state index is 1.24. The normalized spacial score (nSPS) is 10.7. The van der Waals surface area contributed by atoms with Gasteiger partial charge in [-0.1, -0.05) is 56.4 Å². The van der Waals surface area contributed by atoms with Crippen molar-refractivity contribution in [2.24, 2.45) is 0 Å². The molecule has 0 aromatic carbocycles. The Bertz CT molecular complexity index is 147. The van der Waals surface area contributed by atoms with Gasteiger partial charge in [0.05, 0.1) is 0 Å². The van der Waals surface area contributed by atoms with Gasteiger partial charge in [-0.15, -0.1) is 0 Å². The summed E-state index contributed by atoms with van der Waals surface area (Å²) in [5, 5.41) is 0. The van der Waals surface area contributed by atoms with Gasteiger partial charge in [-0.2, -0.15) is 0 Å². The first-order chi connectivity index (χ1) is 6.27. The molecule has 0 aliphatic carbocycles. The van der Waals surface area contributed by atoms with Crippen LogP contribution in [0.2, 0.25) is 0 Å². The number of hydrogen-bond donors (Lipinski definition) is 0. The molecule has 0 aromatic rings. The molecule has 0 unspecified atom stereocenters. The van der Waals surface area contributed by atoms with Crippen molar-refractivity contribution in [1.29, 1.82) is 0 Å². The first-order valence-corrected chi connectivity index (χ1v) is 5.57. The van der Waals surface area contributed by atoms with Crippen LogP contribution in [0.25, 0.3) is 0 Å². The molecule has 76 valence electrons. The van der Waals surface area contributed by atoms with Crippen LogP contribution < -0.4 is 0 Å². The Labute approximate surface area is 83.7 Å². The van der Waals surface area contributed by atoms with E-state index in [1.807, 2.05) is 0 Å². The zero-order valence-electron chi connectivity index (χ0n) is 9.47. The summed E-state index contributed by atoms with van der Waals surface area (Å²) in [6, 6.07) is 0. The fraction of sp³-hybridized carbons (Fsp3) is 0.692. The van der Waals surface area contributed by atoms with Crippen molar-refractivity contribution >= 4 is 0 Å². The van der Waals surface area contributed by atoms with Gasteiger partial charge in [0, 0.05) is 0 Å². The molecule has 0 atom stereocenters. The third-order valence-corrected chi connectivity index (χ3v) is 2.04. The van der Waals surface area contributed by atoms with Crippen molar-refractivity contribution in [3.8, 4) is 0 Å². The van der Waals surface area contributed by atoms with Gasteiger partial charge in [0.15, 0.2) is 0 Å². The van der Waals surface area contributed by atoms with E-state index in [0.29, 0.717) is 0 Å². The molecule has 0 amide bonds. The number of hydrogen-bond acceptors (Lipinski definition) is 0. The van der Waals surface area contributed by atoms with Crippen LogP contribution in [0.3, 0.4) is 0 Å². The predicted molar refractivity (Wildman–Crippen MR) is 61.9 cm³/mol. The van der Waals surface area contributed by atoms with Crippen molar-refractivity contribution in [1.82, 2.24) is 0 Å². The Morgan fingerprint density at radius 2 is 1.69 bits per heavy atom. The molecule has 0 fully saturated rings. The Morgan fingerprint density at radius 3 is 2.31 bits per heavy atom. The summed E-state index contributed by atoms with van der Waals surface area (Å²) in [4.78, 5) is 0. The molecule has 0 radical (unpaired) electrons. The second-order valence-corrected chi connectivity index (χ2v) is 3.88. The van der Waals surface area contributed by atoms with Gasteiger partial charge in [0.1, 0.15) is 0 Å². The minimum atomic E-state index is 1.24. The van der Waals surface area contributed by atoms with Gasteiger partial charge in [-0.25, -0.2) is 0 Å². The lowest BCUT2D eigenvalue weighted by Gasteiger charge is -1.95. The zero-order valence-corrected chi connectivity index (χ0v) is 9.47. The molecule has 0 N–H and O–H groups in total. The van der Waals surface area contributed by atoms with Crippen molar-refractivity contribution in [2.75, 3.05) is 0 Å². The molecule has 0 saturated carbocycles. The van der Waals surface area contributed by atoms with Gasteiger partial charge < -0.3 is 0 Å². The smallest absolute Gasteiger partial charge is 0.0348 e. The third-order valence-electron chi connectivity index (χ3n) is 2.04. The maximum absolute atomic E-state index is 2.28. The van der Waals surface area contributed by atoms with E-state index in [1.54, 1.807) is 0 Å². The van der Waals surface area contributed by atoms with E-state index < -0.39 is 0 Å². The molecule has 13 heavy (non-hydrogen) atoms. The highest BCUT2D eigenvalue weighted by molar-refractivity contribution is 5.07. The molecule has 0 aliphatic heterocycles. The van der Waals surface area contributed by atoms with E-state index in [4.69, 9.17) is 0 Å². The van der Waals surface area contributed by atoms with E-state index in [0.717, 1.165) is 0 Å². The Kier molecular flexibility index (Phi) is 9.18. The molecular weight excluding hydrogens is 156 g/mol. The largest absolute Gasteiger partial charge is 0.0845 e. The fourth-order valence-corrected chi connectivity index (χ4v) is 1.22. The maximum atomic E-state index is 2.28. The van der Waals surface area contributed by atoms with E-state index >= 15 is 0 Å². The number of rotatable bonds is 7. The monoisotopic (exact) mass is 180 g/mol. The lowest BCUT2D eigenvalue weighted by atomic mass is 10.1. The highest BCUT2D eigenvalue weighted by Gasteiger charge is 1.85. The van der Waals surface area contributed by atoms with Gasteiger partial charge >= 0.3 is 0 Å². The Morgan fingerprint density at radius 1 is 1.00 bits per heavy atom. The fourth-order valence-electron chi connectivity index (χ4n) is 1.22. The Hall–Kier alpha value is -0.520. The molecule has 0 bridgehead atoms. The second kappa shape index (κ2) is 9.57. The van der Waals surface area contributed by atoms with Crippen LogP contribution in [0.1, 0.15) is 59.3 Å². The number of unbranched alkanes of at least 4 members (excludes halogenated alkanes) is 5. The molecule has 0 heterocycles. The van der Waals surface area contributed by atoms with Gasteiger partial charge in [-0.05, 0) is 26.7 Å². The molecule has 0 aromatic heterocycles. The van der Waals surface area contributed by atoms with Gasteiger partial charge in [-0.3, -0.25) is 0 Å². The van der Waals surface area contributed by atoms with Gasteiger partial charge in [0.25, 0.3) is 0 Å². The Balaban J connectivity index is 3.16. The quantitative estimate of drug-likeness (QED) is 0.387. The summed E-state index contributed by atoms with van der Waals surface area (Å²) in [5.74, 6) is 0. The maximum Gasteiger partial charge on any atom is -0.0348 e. The van der Waals surface area contributed by atoms with E-state index in [9.17, 15) is 0 Å². The van der Waals surface area contributed by atoms with Crippen LogP contribution in [0, 0.1) is 0 Å². The van der Waals surface area contributed by atoms with Crippen molar-refractivity contribution < 1.29 is 0 Å². The van der Waals surface area contributed by atoms with Crippen molar-refractivity contribution in [3.05, 3.63) is 23.8 Å². The molecule has 0 heteroatoms. The molecular formula is C13H24. The first-order valence-electron chi connectivity index (χ1n) is 5.57. The summed E-state index contributed by atoms with van der Waals surface area (Å²) in [6.45, 7) is 6.52. The molecule has 0 rings (SSSR count). The summed E-state index contributed by atoms with van der Waals surface area (Å²) < 4.78 is 0. The van der Waals surface area contributed by atoms with Crippen molar-refractivity contribution in [3.63, 3.8) is 0 Å². The van der Waals surface area contributed by atoms with Crippen LogP contribution in [-0.2, 0) is 0 Å². The van der Waals surface area contributed by atoms with E-state index in [-0.39, 0.29) is 0 Å². The van der Waals surface area contributed by atoms with E-state index in [2.05, 4.69) is 39.0 Å². The van der Waals surface area contributed by atoms with Crippen LogP contribution in [0.15, 0.2) is 23.8 Å². The summed E-state index contributed by atoms with van der Waals surface area (Å²) in [6.07, 6.45) is 14.8. The van der Waals surface area contributed by atoms with Crippen LogP contribution in [-0.4, -0.2) is 0 Å². The number of allylic oxidation sites excluding steroid dienone is 4. The average molecular weight is 180 g/mol. The SMILES string of the molecule is CCCCCCCC=CC=C(C)C. The van der Waals surface area contributed by atoms with Crippen molar-refractivity contribution in [2.45, 2.75) is 59.3 Å². The average Bonchev–Trinajstić information content (AvgIpc) is 2.09. The molecule has 0 spiro atoms. The third kappa shape index (κ3) is 11.5. The van der Waals surface area contributed by atoms with E-state index in [1.165, 1.54) is 44.1 Å². The molecule has 0 saturated heterocycles. The minimum Gasteiger partial charge on any atom is -0.0845 e. The first kappa shape index (κ1) is 12.5. The van der Waals surface area contributed by atoms with Gasteiger partial charge in [0.2, 0.25) is 0 Å².